The van der Waals surface area contributed by atoms with Gasteiger partial charge in [-0.2, -0.15) is 0 Å². The third kappa shape index (κ3) is 5.28. The van der Waals surface area contributed by atoms with Crippen LogP contribution in [0, 0.1) is 0 Å². The molecule has 0 aliphatic rings. The first-order valence-corrected chi connectivity index (χ1v) is 8.54. The van der Waals surface area contributed by atoms with Crippen LogP contribution in [0.2, 0.25) is 10.0 Å². The van der Waals surface area contributed by atoms with Crippen LogP contribution >= 0.6 is 23.2 Å². The second-order valence-corrected chi connectivity index (χ2v) is 6.11. The van der Waals surface area contributed by atoms with E-state index in [1.165, 1.54) is 0 Å². The Bertz CT molecular complexity index is 849. The van der Waals surface area contributed by atoms with E-state index in [-0.39, 0.29) is 0 Å². The van der Waals surface area contributed by atoms with Crippen LogP contribution in [0.4, 0.5) is 5.69 Å². The van der Waals surface area contributed by atoms with Crippen molar-refractivity contribution in [3.05, 3.63) is 101 Å². The van der Waals surface area contributed by atoms with E-state index in [2.05, 4.69) is 11.9 Å². The highest BCUT2D eigenvalue weighted by atomic mass is 35.5. The van der Waals surface area contributed by atoms with Gasteiger partial charge in [0.2, 0.25) is 0 Å². The molecule has 4 heteroatoms. The zero-order valence-electron chi connectivity index (χ0n) is 14.0. The second-order valence-electron chi connectivity index (χ2n) is 5.29. The van der Waals surface area contributed by atoms with Gasteiger partial charge in [-0.1, -0.05) is 66.2 Å². The van der Waals surface area contributed by atoms with E-state index in [1.807, 2.05) is 67.7 Å². The molecule has 0 bridgehead atoms. The minimum atomic E-state index is 0.518. The molecule has 0 saturated carbocycles. The van der Waals surface area contributed by atoms with Gasteiger partial charge in [-0.15, -0.1) is 0 Å². The number of hydrogen-bond acceptors (Lipinski definition) is 2. The molecule has 0 amide bonds. The van der Waals surface area contributed by atoms with Gasteiger partial charge >= 0.3 is 0 Å². The lowest BCUT2D eigenvalue weighted by Gasteiger charge is -2.09. The summed E-state index contributed by atoms with van der Waals surface area (Å²) in [5.74, 6) is 0. The van der Waals surface area contributed by atoms with Crippen LogP contribution in [0.25, 0.3) is 11.3 Å². The molecule has 0 aliphatic heterocycles. The molecule has 0 aromatic heterocycles. The van der Waals surface area contributed by atoms with Crippen LogP contribution in [0.15, 0.2) is 79.5 Å². The van der Waals surface area contributed by atoms with Gasteiger partial charge in [-0.05, 0) is 54.0 Å². The largest absolute Gasteiger partial charge is 0.399 e. The van der Waals surface area contributed by atoms with Gasteiger partial charge in [0.15, 0.2) is 0 Å². The maximum atomic E-state index is 6.11. The average Bonchev–Trinajstić information content (AvgIpc) is 2.60. The molecule has 2 nitrogen and oxygen atoms in total. The number of nitrogens with one attached hydrogen (secondary N) is 1. The molecule has 2 rings (SSSR count). The van der Waals surface area contributed by atoms with Crippen LogP contribution < -0.4 is 11.1 Å². The third-order valence-electron chi connectivity index (χ3n) is 3.54. The SMILES string of the molecule is C=C/C=C(\C=C/N/C(=C\C)c1cccc(N)c1)c1ccc(Cl)c(Cl)c1. The normalized spacial score (nSPS) is 12.4. The first-order valence-electron chi connectivity index (χ1n) is 7.78. The fourth-order valence-electron chi connectivity index (χ4n) is 2.31. The Hall–Kier alpha value is -2.42. The van der Waals surface area contributed by atoms with Gasteiger partial charge < -0.3 is 11.1 Å². The van der Waals surface area contributed by atoms with Crippen molar-refractivity contribution in [1.82, 2.24) is 5.32 Å². The Kier molecular flexibility index (Phi) is 6.93. The maximum absolute atomic E-state index is 6.11. The average molecular weight is 371 g/mol. The van der Waals surface area contributed by atoms with Gasteiger partial charge in [0.05, 0.1) is 10.0 Å². The van der Waals surface area contributed by atoms with E-state index in [1.54, 1.807) is 12.1 Å². The zero-order chi connectivity index (χ0) is 18.2. The van der Waals surface area contributed by atoms with E-state index < -0.39 is 0 Å². The number of nitrogen functional groups attached to an aromatic ring is 1. The molecule has 0 fully saturated rings. The Balaban J connectivity index is 2.20. The molecular weight excluding hydrogens is 351 g/mol. The van der Waals surface area contributed by atoms with Gasteiger partial charge in [0, 0.05) is 17.6 Å². The third-order valence-corrected chi connectivity index (χ3v) is 4.28. The van der Waals surface area contributed by atoms with Crippen molar-refractivity contribution in [3.8, 4) is 0 Å². The minimum Gasteiger partial charge on any atom is -0.399 e. The predicted molar refractivity (Wildman–Crippen MR) is 111 cm³/mol. The molecule has 0 radical (unpaired) electrons. The smallest absolute Gasteiger partial charge is 0.0598 e. The summed E-state index contributed by atoms with van der Waals surface area (Å²) in [6, 6.07) is 13.3. The molecule has 0 spiro atoms. The number of hydrogen-bond donors (Lipinski definition) is 2. The molecule has 2 aromatic carbocycles. The van der Waals surface area contributed by atoms with Gasteiger partial charge in [0.25, 0.3) is 0 Å². The van der Waals surface area contributed by atoms with E-state index in [0.29, 0.717) is 10.0 Å². The van der Waals surface area contributed by atoms with Crippen molar-refractivity contribution < 1.29 is 0 Å². The number of anilines is 1. The van der Waals surface area contributed by atoms with Gasteiger partial charge in [0.1, 0.15) is 0 Å². The zero-order valence-corrected chi connectivity index (χ0v) is 15.5. The van der Waals surface area contributed by atoms with Crippen LogP contribution in [-0.4, -0.2) is 0 Å². The number of nitrogens with two attached hydrogens (primary N) is 1. The highest BCUT2D eigenvalue weighted by molar-refractivity contribution is 6.42. The highest BCUT2D eigenvalue weighted by Crippen LogP contribution is 2.27. The molecule has 0 aliphatic carbocycles. The molecule has 25 heavy (non-hydrogen) atoms. The summed E-state index contributed by atoms with van der Waals surface area (Å²) in [6.07, 6.45) is 9.47. The van der Waals surface area contributed by atoms with Crippen LogP contribution in [-0.2, 0) is 0 Å². The Morgan fingerprint density at radius 1 is 1.08 bits per heavy atom. The predicted octanol–water partition coefficient (Wildman–Crippen LogP) is 6.31. The lowest BCUT2D eigenvalue weighted by Crippen LogP contribution is -2.04. The number of allylic oxidation sites excluding steroid dienone is 5. The van der Waals surface area contributed by atoms with E-state index in [4.69, 9.17) is 28.9 Å². The standard InChI is InChI=1S/C21H20Cl2N2/c1-3-6-15(16-9-10-19(22)20(23)14-16)11-12-25-21(4-2)17-7-5-8-18(24)13-17/h3-14,25H,1,24H2,2H3/b12-11-,15-6+,21-4-. The lowest BCUT2D eigenvalue weighted by molar-refractivity contribution is 1.21. The molecule has 0 atom stereocenters. The molecule has 2 aromatic rings. The van der Waals surface area contributed by atoms with E-state index in [0.717, 1.165) is 28.1 Å². The number of halogens is 2. The summed E-state index contributed by atoms with van der Waals surface area (Å²) in [4.78, 5) is 0. The Morgan fingerprint density at radius 2 is 1.88 bits per heavy atom. The molecule has 3 N–H and O–H groups in total. The van der Waals surface area contributed by atoms with Crippen molar-refractivity contribution in [2.45, 2.75) is 6.92 Å². The summed E-state index contributed by atoms with van der Waals surface area (Å²) in [5, 5.41) is 4.34. The fraction of sp³-hybridized carbons (Fsp3) is 0.0476. The number of benzene rings is 2. The molecule has 0 saturated heterocycles. The summed E-state index contributed by atoms with van der Waals surface area (Å²) in [7, 11) is 0. The quantitative estimate of drug-likeness (QED) is 0.461. The minimum absolute atomic E-state index is 0.518. The van der Waals surface area contributed by atoms with Crippen molar-refractivity contribution in [3.63, 3.8) is 0 Å². The molecular formula is C21H20Cl2N2. The first kappa shape index (κ1) is 18.9. The van der Waals surface area contributed by atoms with Gasteiger partial charge in [-0.25, -0.2) is 0 Å². The van der Waals surface area contributed by atoms with Crippen molar-refractivity contribution in [2.24, 2.45) is 0 Å². The van der Waals surface area contributed by atoms with Crippen LogP contribution in [0.1, 0.15) is 18.1 Å². The monoisotopic (exact) mass is 370 g/mol. The first-order chi connectivity index (χ1) is 12.0. The topological polar surface area (TPSA) is 38.0 Å². The van der Waals surface area contributed by atoms with Gasteiger partial charge in [-0.3, -0.25) is 0 Å². The van der Waals surface area contributed by atoms with E-state index in [9.17, 15) is 0 Å². The van der Waals surface area contributed by atoms with E-state index >= 15 is 0 Å². The summed E-state index contributed by atoms with van der Waals surface area (Å²) in [5.41, 5.74) is 10.5. The molecule has 128 valence electrons. The van der Waals surface area contributed by atoms with Crippen molar-refractivity contribution in [1.29, 1.82) is 0 Å². The number of rotatable bonds is 6. The molecule has 0 heterocycles. The summed E-state index contributed by atoms with van der Waals surface area (Å²) < 4.78 is 0. The fourth-order valence-corrected chi connectivity index (χ4v) is 2.61. The highest BCUT2D eigenvalue weighted by Gasteiger charge is 2.03. The summed E-state index contributed by atoms with van der Waals surface area (Å²) in [6.45, 7) is 5.74. The Morgan fingerprint density at radius 3 is 2.52 bits per heavy atom. The van der Waals surface area contributed by atoms with Crippen LogP contribution in [0.5, 0.6) is 0 Å². The molecule has 0 unspecified atom stereocenters. The van der Waals surface area contributed by atoms with Crippen molar-refractivity contribution in [2.75, 3.05) is 5.73 Å². The maximum Gasteiger partial charge on any atom is 0.0598 e. The second kappa shape index (κ2) is 9.16. The van der Waals surface area contributed by atoms with Crippen molar-refractivity contribution >= 4 is 40.2 Å². The Labute approximate surface area is 159 Å². The summed E-state index contributed by atoms with van der Waals surface area (Å²) >= 11 is 12.1. The van der Waals surface area contributed by atoms with Crippen LogP contribution in [0.3, 0.4) is 0 Å². The lowest BCUT2D eigenvalue weighted by atomic mass is 10.1.